The summed E-state index contributed by atoms with van der Waals surface area (Å²) in [5.74, 6) is 3.92. The van der Waals surface area contributed by atoms with Gasteiger partial charge in [0.25, 0.3) is 0 Å². The molecule has 21 heavy (non-hydrogen) atoms. The summed E-state index contributed by atoms with van der Waals surface area (Å²) in [6.45, 7) is 2.11. The molecule has 0 spiro atoms. The molecule has 0 aliphatic rings. The molecule has 0 saturated carbocycles. The van der Waals surface area contributed by atoms with E-state index < -0.39 is 11.6 Å². The molecule has 0 radical (unpaired) electrons. The zero-order valence-electron chi connectivity index (χ0n) is 12.1. The Hall–Kier alpha value is -1.78. The summed E-state index contributed by atoms with van der Waals surface area (Å²) in [6.07, 6.45) is 2.29. The number of halogens is 2. The molecule has 0 heterocycles. The molecule has 0 saturated heterocycles. The lowest BCUT2D eigenvalue weighted by Crippen LogP contribution is -2.38. The van der Waals surface area contributed by atoms with E-state index in [4.69, 9.17) is 5.84 Å². The standard InChI is InChI=1S/C17H20F2N2/c1-2-12-3-5-13(6-4-12)9-15(21-20)10-14-7-8-16(18)17(19)11-14/h3-8,11,15,21H,2,9-10,20H2,1H3. The predicted octanol–water partition coefficient (Wildman–Crippen LogP) is 3.14. The van der Waals surface area contributed by atoms with Crippen LogP contribution in [0.3, 0.4) is 0 Å². The van der Waals surface area contributed by atoms with Gasteiger partial charge in [-0.2, -0.15) is 0 Å². The minimum absolute atomic E-state index is 0.0256. The van der Waals surface area contributed by atoms with E-state index in [1.807, 2.05) is 0 Å². The highest BCUT2D eigenvalue weighted by Gasteiger charge is 2.11. The molecular weight excluding hydrogens is 270 g/mol. The van der Waals surface area contributed by atoms with Gasteiger partial charge in [0.1, 0.15) is 0 Å². The molecular formula is C17H20F2N2. The van der Waals surface area contributed by atoms with Crippen molar-refractivity contribution < 1.29 is 8.78 Å². The second-order valence-electron chi connectivity index (χ2n) is 5.19. The Morgan fingerprint density at radius 2 is 1.48 bits per heavy atom. The summed E-state index contributed by atoms with van der Waals surface area (Å²) in [6, 6.07) is 12.3. The molecule has 112 valence electrons. The normalized spacial score (nSPS) is 12.4. The zero-order chi connectivity index (χ0) is 15.2. The molecule has 2 nitrogen and oxygen atoms in total. The molecule has 1 unspecified atom stereocenters. The molecule has 0 aliphatic heterocycles. The van der Waals surface area contributed by atoms with Gasteiger partial charge in [0, 0.05) is 6.04 Å². The summed E-state index contributed by atoms with van der Waals surface area (Å²) in [5, 5.41) is 0. The monoisotopic (exact) mass is 290 g/mol. The molecule has 2 rings (SSSR count). The van der Waals surface area contributed by atoms with Gasteiger partial charge >= 0.3 is 0 Å². The molecule has 4 heteroatoms. The predicted molar refractivity (Wildman–Crippen MR) is 80.7 cm³/mol. The number of rotatable bonds is 6. The van der Waals surface area contributed by atoms with Crippen LogP contribution in [-0.4, -0.2) is 6.04 Å². The molecule has 2 aromatic rings. The van der Waals surface area contributed by atoms with Crippen molar-refractivity contribution in [2.45, 2.75) is 32.2 Å². The van der Waals surface area contributed by atoms with E-state index in [9.17, 15) is 8.78 Å². The third-order valence-corrected chi connectivity index (χ3v) is 3.62. The van der Waals surface area contributed by atoms with E-state index in [1.165, 1.54) is 11.6 Å². The first-order valence-corrected chi connectivity index (χ1v) is 7.10. The third-order valence-electron chi connectivity index (χ3n) is 3.62. The fourth-order valence-electron chi connectivity index (χ4n) is 2.34. The topological polar surface area (TPSA) is 38.0 Å². The average Bonchev–Trinajstić information content (AvgIpc) is 2.51. The number of nitrogens with two attached hydrogens (primary N) is 1. The smallest absolute Gasteiger partial charge is 0.159 e. The highest BCUT2D eigenvalue weighted by Crippen LogP contribution is 2.13. The van der Waals surface area contributed by atoms with Crippen LogP contribution in [0.4, 0.5) is 8.78 Å². The number of hydrogen-bond acceptors (Lipinski definition) is 2. The molecule has 0 aromatic heterocycles. The summed E-state index contributed by atoms with van der Waals surface area (Å²) >= 11 is 0. The quantitative estimate of drug-likeness (QED) is 0.633. The Morgan fingerprint density at radius 3 is 2.05 bits per heavy atom. The SMILES string of the molecule is CCc1ccc(CC(Cc2ccc(F)c(F)c2)NN)cc1. The Morgan fingerprint density at radius 1 is 0.905 bits per heavy atom. The second-order valence-corrected chi connectivity index (χ2v) is 5.19. The largest absolute Gasteiger partial charge is 0.271 e. The van der Waals surface area contributed by atoms with E-state index >= 15 is 0 Å². The number of hydrazine groups is 1. The van der Waals surface area contributed by atoms with E-state index in [-0.39, 0.29) is 6.04 Å². The second kappa shape index (κ2) is 7.29. The zero-order valence-corrected chi connectivity index (χ0v) is 12.1. The van der Waals surface area contributed by atoms with Gasteiger partial charge in [0.2, 0.25) is 0 Å². The van der Waals surface area contributed by atoms with Crippen molar-refractivity contribution >= 4 is 0 Å². The van der Waals surface area contributed by atoms with E-state index in [0.717, 1.165) is 30.0 Å². The number of nitrogens with one attached hydrogen (secondary N) is 1. The first-order valence-electron chi connectivity index (χ1n) is 7.10. The van der Waals surface area contributed by atoms with Gasteiger partial charge in [-0.05, 0) is 48.1 Å². The first kappa shape index (κ1) is 15.6. The van der Waals surface area contributed by atoms with Crippen molar-refractivity contribution in [3.63, 3.8) is 0 Å². The van der Waals surface area contributed by atoms with Gasteiger partial charge in [-0.3, -0.25) is 11.3 Å². The highest BCUT2D eigenvalue weighted by atomic mass is 19.2. The molecule has 2 aromatic carbocycles. The van der Waals surface area contributed by atoms with Gasteiger partial charge in [0.15, 0.2) is 11.6 Å². The fraction of sp³-hybridized carbons (Fsp3) is 0.294. The van der Waals surface area contributed by atoms with Crippen LogP contribution >= 0.6 is 0 Å². The van der Waals surface area contributed by atoms with Crippen molar-refractivity contribution in [2.24, 2.45) is 5.84 Å². The Labute approximate surface area is 124 Å². The maximum Gasteiger partial charge on any atom is 0.159 e. The van der Waals surface area contributed by atoms with Crippen LogP contribution in [0.2, 0.25) is 0 Å². The van der Waals surface area contributed by atoms with E-state index in [0.29, 0.717) is 6.42 Å². The van der Waals surface area contributed by atoms with Crippen LogP contribution in [0.1, 0.15) is 23.6 Å². The van der Waals surface area contributed by atoms with Gasteiger partial charge in [-0.25, -0.2) is 8.78 Å². The Bertz CT molecular complexity index is 582. The van der Waals surface area contributed by atoms with Crippen molar-refractivity contribution in [1.29, 1.82) is 0 Å². The van der Waals surface area contributed by atoms with Crippen LogP contribution in [0, 0.1) is 11.6 Å². The minimum Gasteiger partial charge on any atom is -0.271 e. The summed E-state index contributed by atoms with van der Waals surface area (Å²) in [5.41, 5.74) is 5.92. The summed E-state index contributed by atoms with van der Waals surface area (Å²) in [7, 11) is 0. The van der Waals surface area contributed by atoms with Gasteiger partial charge in [-0.15, -0.1) is 0 Å². The lowest BCUT2D eigenvalue weighted by molar-refractivity contribution is 0.498. The molecule has 1 atom stereocenters. The first-order chi connectivity index (χ1) is 10.1. The average molecular weight is 290 g/mol. The van der Waals surface area contributed by atoms with E-state index in [1.54, 1.807) is 6.07 Å². The van der Waals surface area contributed by atoms with Crippen LogP contribution < -0.4 is 11.3 Å². The Balaban J connectivity index is 2.03. The third kappa shape index (κ3) is 4.34. The maximum absolute atomic E-state index is 13.2. The van der Waals surface area contributed by atoms with Crippen LogP contribution in [0.15, 0.2) is 42.5 Å². The number of benzene rings is 2. The number of hydrogen-bond donors (Lipinski definition) is 2. The van der Waals surface area contributed by atoms with Crippen LogP contribution in [0.25, 0.3) is 0 Å². The molecule has 0 fully saturated rings. The fourth-order valence-corrected chi connectivity index (χ4v) is 2.34. The highest BCUT2D eigenvalue weighted by molar-refractivity contribution is 5.24. The van der Waals surface area contributed by atoms with Crippen LogP contribution in [-0.2, 0) is 19.3 Å². The van der Waals surface area contributed by atoms with Crippen molar-refractivity contribution in [3.05, 3.63) is 70.8 Å². The minimum atomic E-state index is -0.828. The lowest BCUT2D eigenvalue weighted by Gasteiger charge is -2.16. The van der Waals surface area contributed by atoms with Crippen molar-refractivity contribution in [1.82, 2.24) is 5.43 Å². The summed E-state index contributed by atoms with van der Waals surface area (Å²) < 4.78 is 26.1. The van der Waals surface area contributed by atoms with Crippen molar-refractivity contribution in [2.75, 3.05) is 0 Å². The van der Waals surface area contributed by atoms with E-state index in [2.05, 4.69) is 36.6 Å². The number of aryl methyl sites for hydroxylation is 1. The molecule has 0 amide bonds. The van der Waals surface area contributed by atoms with Gasteiger partial charge in [0.05, 0.1) is 0 Å². The summed E-state index contributed by atoms with van der Waals surface area (Å²) in [4.78, 5) is 0. The Kier molecular flexibility index (Phi) is 5.42. The van der Waals surface area contributed by atoms with Gasteiger partial charge in [-0.1, -0.05) is 37.3 Å². The van der Waals surface area contributed by atoms with Crippen LogP contribution in [0.5, 0.6) is 0 Å². The van der Waals surface area contributed by atoms with Crippen molar-refractivity contribution in [3.8, 4) is 0 Å². The lowest BCUT2D eigenvalue weighted by atomic mass is 9.98. The molecule has 3 N–H and O–H groups in total. The maximum atomic E-state index is 13.2. The molecule has 0 bridgehead atoms. The molecule has 0 aliphatic carbocycles. The van der Waals surface area contributed by atoms with Gasteiger partial charge < -0.3 is 0 Å².